The van der Waals surface area contributed by atoms with Crippen molar-refractivity contribution in [1.82, 2.24) is 5.32 Å². The molecule has 90 valence electrons. The van der Waals surface area contributed by atoms with E-state index in [9.17, 15) is 4.79 Å². The lowest BCUT2D eigenvalue weighted by Gasteiger charge is -2.14. The fraction of sp³-hybridized carbons (Fsp3) is 0.545. The Morgan fingerprint density at radius 3 is 2.75 bits per heavy atom. The molecule has 1 unspecified atom stereocenters. The molecule has 0 spiro atoms. The van der Waals surface area contributed by atoms with Gasteiger partial charge in [-0.25, -0.2) is 0 Å². The predicted octanol–water partition coefficient (Wildman–Crippen LogP) is 2.50. The number of hydrogen-bond acceptors (Lipinski definition) is 3. The van der Waals surface area contributed by atoms with Crippen LogP contribution in [-0.2, 0) is 11.3 Å². The van der Waals surface area contributed by atoms with E-state index >= 15 is 0 Å². The van der Waals surface area contributed by atoms with E-state index in [1.807, 2.05) is 26.0 Å². The number of amides is 1. The van der Waals surface area contributed by atoms with E-state index in [2.05, 4.69) is 21.2 Å². The molecule has 16 heavy (non-hydrogen) atoms. The lowest BCUT2D eigenvalue weighted by atomic mass is 10.0. The van der Waals surface area contributed by atoms with Crippen LogP contribution in [0.2, 0.25) is 0 Å². The van der Waals surface area contributed by atoms with Crippen LogP contribution < -0.4 is 11.1 Å². The summed E-state index contributed by atoms with van der Waals surface area (Å²) in [6.45, 7) is 4.63. The van der Waals surface area contributed by atoms with Gasteiger partial charge < -0.3 is 11.1 Å². The van der Waals surface area contributed by atoms with Crippen LogP contribution >= 0.6 is 27.3 Å². The van der Waals surface area contributed by atoms with Gasteiger partial charge in [-0.05, 0) is 34.0 Å². The molecule has 0 aliphatic carbocycles. The number of nitrogens with two attached hydrogens (primary N) is 1. The Hall–Kier alpha value is -0.390. The molecule has 0 aliphatic rings. The van der Waals surface area contributed by atoms with Gasteiger partial charge in [0.1, 0.15) is 0 Å². The molecule has 0 aliphatic heterocycles. The van der Waals surface area contributed by atoms with Crippen LogP contribution in [0.4, 0.5) is 0 Å². The van der Waals surface area contributed by atoms with Crippen molar-refractivity contribution in [2.75, 3.05) is 0 Å². The maximum atomic E-state index is 11.5. The van der Waals surface area contributed by atoms with Crippen LogP contribution in [0.3, 0.4) is 0 Å². The van der Waals surface area contributed by atoms with E-state index in [4.69, 9.17) is 5.73 Å². The fourth-order valence-corrected chi connectivity index (χ4v) is 2.58. The molecule has 1 aromatic heterocycles. The molecule has 0 saturated carbocycles. The first-order valence-corrected chi connectivity index (χ1v) is 6.86. The molecule has 0 radical (unpaired) electrons. The second-order valence-corrected chi connectivity index (χ2v) is 6.64. The van der Waals surface area contributed by atoms with Crippen LogP contribution in [0.15, 0.2) is 15.9 Å². The van der Waals surface area contributed by atoms with Crippen molar-refractivity contribution < 1.29 is 4.79 Å². The molecule has 1 heterocycles. The van der Waals surface area contributed by atoms with Crippen molar-refractivity contribution in [3.8, 4) is 0 Å². The molecular weight excluding hydrogens is 288 g/mol. The molecule has 0 fully saturated rings. The van der Waals surface area contributed by atoms with Gasteiger partial charge in [-0.15, -0.1) is 11.3 Å². The minimum atomic E-state index is -0.0601. The van der Waals surface area contributed by atoms with Gasteiger partial charge in [-0.3, -0.25) is 4.79 Å². The highest BCUT2D eigenvalue weighted by Crippen LogP contribution is 2.21. The highest BCUT2D eigenvalue weighted by atomic mass is 79.9. The Morgan fingerprint density at radius 2 is 2.25 bits per heavy atom. The molecule has 1 amide bonds. The quantitative estimate of drug-likeness (QED) is 0.878. The number of nitrogens with one attached hydrogen (secondary N) is 1. The van der Waals surface area contributed by atoms with Gasteiger partial charge in [-0.1, -0.05) is 13.8 Å². The van der Waals surface area contributed by atoms with Crippen molar-refractivity contribution in [3.63, 3.8) is 0 Å². The van der Waals surface area contributed by atoms with Crippen LogP contribution in [-0.4, -0.2) is 11.9 Å². The molecule has 1 atom stereocenters. The molecule has 0 aromatic carbocycles. The second kappa shape index (κ2) is 6.37. The van der Waals surface area contributed by atoms with Gasteiger partial charge in [0, 0.05) is 17.3 Å². The minimum Gasteiger partial charge on any atom is -0.351 e. The summed E-state index contributed by atoms with van der Waals surface area (Å²) in [5.74, 6) is 0.354. The Bertz CT molecular complexity index is 352. The minimum absolute atomic E-state index is 0.0192. The maximum absolute atomic E-state index is 11.5. The molecule has 3 N–H and O–H groups in total. The summed E-state index contributed by atoms with van der Waals surface area (Å²) in [6, 6.07) is 3.92. The van der Waals surface area contributed by atoms with Crippen molar-refractivity contribution in [2.24, 2.45) is 11.7 Å². The first-order valence-electron chi connectivity index (χ1n) is 5.25. The first kappa shape index (κ1) is 13.7. The average Bonchev–Trinajstić information content (AvgIpc) is 2.61. The number of thiophene rings is 1. The van der Waals surface area contributed by atoms with E-state index in [0.717, 1.165) is 8.66 Å². The van der Waals surface area contributed by atoms with Crippen molar-refractivity contribution in [3.05, 3.63) is 20.8 Å². The van der Waals surface area contributed by atoms with E-state index < -0.39 is 0 Å². The van der Waals surface area contributed by atoms with Crippen LogP contribution in [0.1, 0.15) is 25.1 Å². The number of carbonyl (C=O) groups is 1. The standard InChI is InChI=1S/C11H17BrN2OS/c1-7(2)9(13)5-11(15)14-6-8-3-4-10(12)16-8/h3-4,7,9H,5-6,13H2,1-2H3,(H,14,15). The van der Waals surface area contributed by atoms with Gasteiger partial charge in [0.25, 0.3) is 0 Å². The lowest BCUT2D eigenvalue weighted by Crippen LogP contribution is -2.34. The maximum Gasteiger partial charge on any atom is 0.221 e. The second-order valence-electron chi connectivity index (χ2n) is 4.09. The summed E-state index contributed by atoms with van der Waals surface area (Å²) in [5.41, 5.74) is 5.82. The van der Waals surface area contributed by atoms with Gasteiger partial charge in [0.05, 0.1) is 10.3 Å². The third kappa shape index (κ3) is 4.63. The van der Waals surface area contributed by atoms with Crippen LogP contribution in [0.5, 0.6) is 0 Å². The Labute approximate surface area is 109 Å². The zero-order valence-corrected chi connectivity index (χ0v) is 11.9. The molecule has 1 rings (SSSR count). The van der Waals surface area contributed by atoms with Crippen LogP contribution in [0, 0.1) is 5.92 Å². The number of carbonyl (C=O) groups excluding carboxylic acids is 1. The van der Waals surface area contributed by atoms with Crippen molar-refractivity contribution in [1.29, 1.82) is 0 Å². The monoisotopic (exact) mass is 304 g/mol. The van der Waals surface area contributed by atoms with E-state index in [-0.39, 0.29) is 11.9 Å². The summed E-state index contributed by atoms with van der Waals surface area (Å²) in [4.78, 5) is 12.7. The normalized spacial score (nSPS) is 12.8. The number of halogens is 1. The smallest absolute Gasteiger partial charge is 0.221 e. The summed E-state index contributed by atoms with van der Waals surface area (Å²) < 4.78 is 1.08. The Morgan fingerprint density at radius 1 is 1.56 bits per heavy atom. The Balaban J connectivity index is 2.30. The summed E-state index contributed by atoms with van der Waals surface area (Å²) in [6.07, 6.45) is 0.393. The van der Waals surface area contributed by atoms with Crippen molar-refractivity contribution >= 4 is 33.2 Å². The topological polar surface area (TPSA) is 55.1 Å². The fourth-order valence-electron chi connectivity index (χ4n) is 1.15. The molecule has 3 nitrogen and oxygen atoms in total. The van der Waals surface area contributed by atoms with Gasteiger partial charge in [-0.2, -0.15) is 0 Å². The van der Waals surface area contributed by atoms with E-state index in [0.29, 0.717) is 18.9 Å². The van der Waals surface area contributed by atoms with Gasteiger partial charge in [0.2, 0.25) is 5.91 Å². The molecule has 5 heteroatoms. The largest absolute Gasteiger partial charge is 0.351 e. The zero-order chi connectivity index (χ0) is 12.1. The number of hydrogen-bond donors (Lipinski definition) is 2. The summed E-state index contributed by atoms with van der Waals surface area (Å²) >= 11 is 5.01. The average molecular weight is 305 g/mol. The van der Waals surface area contributed by atoms with Crippen LogP contribution in [0.25, 0.3) is 0 Å². The summed E-state index contributed by atoms with van der Waals surface area (Å²) in [5, 5.41) is 2.87. The van der Waals surface area contributed by atoms with Crippen molar-refractivity contribution in [2.45, 2.75) is 32.9 Å². The van der Waals surface area contributed by atoms with E-state index in [1.54, 1.807) is 11.3 Å². The summed E-state index contributed by atoms with van der Waals surface area (Å²) in [7, 11) is 0. The third-order valence-electron chi connectivity index (χ3n) is 2.37. The first-order chi connectivity index (χ1) is 7.49. The van der Waals surface area contributed by atoms with Gasteiger partial charge in [0.15, 0.2) is 0 Å². The third-order valence-corrected chi connectivity index (χ3v) is 3.99. The predicted molar refractivity (Wildman–Crippen MR) is 71.3 cm³/mol. The number of rotatable bonds is 5. The molecule has 0 bridgehead atoms. The molecule has 0 saturated heterocycles. The Kier molecular flexibility index (Phi) is 5.44. The van der Waals surface area contributed by atoms with E-state index in [1.165, 1.54) is 0 Å². The highest BCUT2D eigenvalue weighted by molar-refractivity contribution is 9.11. The SMILES string of the molecule is CC(C)C(N)CC(=O)NCc1ccc(Br)s1. The molecule has 1 aromatic rings. The molecular formula is C11H17BrN2OS. The highest BCUT2D eigenvalue weighted by Gasteiger charge is 2.12. The lowest BCUT2D eigenvalue weighted by molar-refractivity contribution is -0.121. The van der Waals surface area contributed by atoms with Gasteiger partial charge >= 0.3 is 0 Å². The zero-order valence-electron chi connectivity index (χ0n) is 9.50.